The Morgan fingerprint density at radius 3 is 1.88 bits per heavy atom. The molecule has 5 nitrogen and oxygen atoms in total. The second kappa shape index (κ2) is 8.26. The third-order valence-electron chi connectivity index (χ3n) is 3.99. The van der Waals surface area contributed by atoms with Crippen molar-refractivity contribution in [3.05, 3.63) is 71.8 Å². The van der Waals surface area contributed by atoms with Gasteiger partial charge in [-0.05, 0) is 0 Å². The predicted molar refractivity (Wildman–Crippen MR) is 92.9 cm³/mol. The molecule has 0 aromatic heterocycles. The van der Waals surface area contributed by atoms with Crippen LogP contribution in [0, 0.1) is 5.92 Å². The molecule has 2 rings (SSSR count). The van der Waals surface area contributed by atoms with Gasteiger partial charge in [-0.25, -0.2) is 4.79 Å². The van der Waals surface area contributed by atoms with Crippen LogP contribution in [0.3, 0.4) is 0 Å². The van der Waals surface area contributed by atoms with Gasteiger partial charge in [-0.2, -0.15) is 0 Å². The second-order valence-corrected chi connectivity index (χ2v) is 6.11. The molecule has 0 spiro atoms. The van der Waals surface area contributed by atoms with E-state index >= 15 is 0 Å². The number of urea groups is 1. The largest absolute Gasteiger partial charge is 0.351 e. The van der Waals surface area contributed by atoms with Crippen molar-refractivity contribution in [2.75, 3.05) is 0 Å². The normalized spacial score (nSPS) is 13.3. The summed E-state index contributed by atoms with van der Waals surface area (Å²) in [5.41, 5.74) is 7.10. The van der Waals surface area contributed by atoms with Crippen LogP contribution < -0.4 is 16.4 Å². The minimum Gasteiger partial charge on any atom is -0.351 e. The van der Waals surface area contributed by atoms with Crippen molar-refractivity contribution in [3.63, 3.8) is 0 Å². The zero-order valence-electron chi connectivity index (χ0n) is 14.0. The molecule has 126 valence electrons. The number of amides is 3. The smallest absolute Gasteiger partial charge is 0.319 e. The predicted octanol–water partition coefficient (Wildman–Crippen LogP) is 1.88. The van der Waals surface area contributed by atoms with Crippen molar-refractivity contribution in [1.82, 2.24) is 5.32 Å². The highest BCUT2D eigenvalue weighted by Gasteiger charge is 2.31. The van der Waals surface area contributed by atoms with E-state index in [1.54, 1.807) is 0 Å². The molecule has 0 saturated heterocycles. The van der Waals surface area contributed by atoms with Crippen LogP contribution in [-0.2, 0) is 4.79 Å². The molecule has 0 saturated carbocycles. The van der Waals surface area contributed by atoms with E-state index in [0.717, 1.165) is 11.1 Å². The van der Waals surface area contributed by atoms with Crippen LogP contribution in [0.5, 0.6) is 0 Å². The average molecular weight is 326 g/mol. The van der Waals surface area contributed by atoms with E-state index in [-0.39, 0.29) is 6.04 Å². The summed E-state index contributed by atoms with van der Waals surface area (Å²) in [5.74, 6) is -0.102. The van der Waals surface area contributed by atoms with E-state index in [2.05, 4.69) is 31.3 Å². The zero-order chi connectivity index (χ0) is 17.5. The summed E-state index contributed by atoms with van der Waals surface area (Å²) in [6, 6.07) is 18.1. The fourth-order valence-electron chi connectivity index (χ4n) is 2.81. The van der Waals surface area contributed by atoms with Crippen LogP contribution in [0.15, 0.2) is 60.7 Å². The molecule has 2 aromatic rings. The molecule has 2 atom stereocenters. The number of benzene rings is 2. The molecule has 0 bridgehead atoms. The molecule has 5 N–H and O–H groups in total. The Hall–Kier alpha value is -2.66. The lowest BCUT2D eigenvalue weighted by atomic mass is 9.94. The van der Waals surface area contributed by atoms with Gasteiger partial charge in [-0.15, -0.1) is 0 Å². The molecule has 0 radical (unpaired) electrons. The average Bonchev–Trinajstić information content (AvgIpc) is 2.56. The molecule has 5 heteroatoms. The number of carbonyl (C=O) groups excluding carboxylic acids is 2. The Bertz CT molecular complexity index is 672. The van der Waals surface area contributed by atoms with Crippen LogP contribution >= 0.6 is 0 Å². The zero-order valence-corrected chi connectivity index (χ0v) is 14.0. The fraction of sp³-hybridized carbons (Fsp3) is 0.263. The van der Waals surface area contributed by atoms with Gasteiger partial charge in [-0.1, -0.05) is 74.5 Å². The first-order chi connectivity index (χ1) is 11.5. The van der Waals surface area contributed by atoms with Crippen molar-refractivity contribution in [2.24, 2.45) is 11.7 Å². The summed E-state index contributed by atoms with van der Waals surface area (Å²) >= 11 is 0. The molecule has 2 aromatic carbocycles. The number of hydrogen-bond acceptors (Lipinski definition) is 2. The third kappa shape index (κ3) is 4.67. The highest BCUT2D eigenvalue weighted by Crippen LogP contribution is 2.19. The van der Waals surface area contributed by atoms with Gasteiger partial charge in [0.2, 0.25) is 0 Å². The van der Waals surface area contributed by atoms with Gasteiger partial charge >= 0.3 is 6.03 Å². The van der Waals surface area contributed by atoms with Gasteiger partial charge in [0.05, 0.1) is 0 Å². The second-order valence-electron chi connectivity index (χ2n) is 6.11. The number of nitrogens with two attached hydrogens (primary N) is 2. The van der Waals surface area contributed by atoms with Crippen LogP contribution in [0.25, 0.3) is 0 Å². The minimum absolute atomic E-state index is 0.0787. The number of quaternary nitrogens is 1. The number of imide groups is 1. The highest BCUT2D eigenvalue weighted by molar-refractivity contribution is 5.96. The molecule has 0 aliphatic carbocycles. The standard InChI is InChI=1S/C19H23N3O2/c1-13(2)16(14-9-5-3-6-10-14)21-17(18(23)22-19(20)24)15-11-7-4-8-12-15/h3-13,16-17,21H,1-2H3,(H3,20,22,23,24)/p+1/t16-,17-/m0/s1. The summed E-state index contributed by atoms with van der Waals surface area (Å²) in [5, 5.41) is 4.20. The van der Waals surface area contributed by atoms with Gasteiger partial charge in [0.1, 0.15) is 6.04 Å². The van der Waals surface area contributed by atoms with Crippen molar-refractivity contribution in [1.29, 1.82) is 0 Å². The van der Waals surface area contributed by atoms with Gasteiger partial charge in [0, 0.05) is 17.0 Å². The molecule has 0 aliphatic heterocycles. The van der Waals surface area contributed by atoms with Crippen LogP contribution in [0.4, 0.5) is 4.79 Å². The number of rotatable bonds is 6. The maximum atomic E-state index is 12.5. The summed E-state index contributed by atoms with van der Waals surface area (Å²) in [4.78, 5) is 23.6. The Morgan fingerprint density at radius 1 is 0.917 bits per heavy atom. The van der Waals surface area contributed by atoms with E-state index in [4.69, 9.17) is 5.73 Å². The van der Waals surface area contributed by atoms with Crippen LogP contribution in [0.2, 0.25) is 0 Å². The molecular formula is C19H24N3O2+. The van der Waals surface area contributed by atoms with E-state index in [1.807, 2.05) is 53.8 Å². The molecule has 0 fully saturated rings. The highest BCUT2D eigenvalue weighted by atomic mass is 16.2. The molecular weight excluding hydrogens is 302 g/mol. The molecule has 0 aliphatic rings. The maximum absolute atomic E-state index is 12.5. The number of nitrogens with one attached hydrogen (secondary N) is 1. The fourth-order valence-corrected chi connectivity index (χ4v) is 2.81. The van der Waals surface area contributed by atoms with Crippen molar-refractivity contribution >= 4 is 11.9 Å². The Balaban J connectivity index is 2.32. The van der Waals surface area contributed by atoms with E-state index in [9.17, 15) is 9.59 Å². The van der Waals surface area contributed by atoms with E-state index in [1.165, 1.54) is 0 Å². The third-order valence-corrected chi connectivity index (χ3v) is 3.99. The monoisotopic (exact) mass is 326 g/mol. The van der Waals surface area contributed by atoms with Crippen molar-refractivity contribution < 1.29 is 14.9 Å². The van der Waals surface area contributed by atoms with E-state index < -0.39 is 18.0 Å². The number of carbonyl (C=O) groups is 2. The van der Waals surface area contributed by atoms with Crippen LogP contribution in [-0.4, -0.2) is 11.9 Å². The van der Waals surface area contributed by atoms with Gasteiger partial charge in [-0.3, -0.25) is 10.1 Å². The number of primary amides is 1. The lowest BCUT2D eigenvalue weighted by Gasteiger charge is -2.25. The van der Waals surface area contributed by atoms with Crippen molar-refractivity contribution in [3.8, 4) is 0 Å². The first-order valence-electron chi connectivity index (χ1n) is 8.04. The van der Waals surface area contributed by atoms with Gasteiger partial charge in [0.25, 0.3) is 5.91 Å². The first-order valence-corrected chi connectivity index (χ1v) is 8.04. The van der Waals surface area contributed by atoms with Gasteiger partial charge < -0.3 is 11.1 Å². The molecule has 24 heavy (non-hydrogen) atoms. The summed E-state index contributed by atoms with van der Waals surface area (Å²) in [7, 11) is 0. The molecule has 0 heterocycles. The summed E-state index contributed by atoms with van der Waals surface area (Å²) in [6.45, 7) is 4.23. The summed E-state index contributed by atoms with van der Waals surface area (Å²) in [6.07, 6.45) is 0. The molecule has 0 unspecified atom stereocenters. The van der Waals surface area contributed by atoms with Crippen molar-refractivity contribution in [2.45, 2.75) is 25.9 Å². The Morgan fingerprint density at radius 2 is 1.42 bits per heavy atom. The first kappa shape index (κ1) is 17.7. The quantitative estimate of drug-likeness (QED) is 0.757. The Labute approximate surface area is 142 Å². The molecule has 3 amide bonds. The summed E-state index contributed by atoms with van der Waals surface area (Å²) < 4.78 is 0. The number of hydrogen-bond donors (Lipinski definition) is 3. The minimum atomic E-state index is -0.838. The van der Waals surface area contributed by atoms with E-state index in [0.29, 0.717) is 5.92 Å². The van der Waals surface area contributed by atoms with Gasteiger partial charge in [0.15, 0.2) is 6.04 Å². The lowest BCUT2D eigenvalue weighted by Crippen LogP contribution is -2.89. The Kier molecular flexibility index (Phi) is 6.09. The maximum Gasteiger partial charge on any atom is 0.319 e. The lowest BCUT2D eigenvalue weighted by molar-refractivity contribution is -0.728. The topological polar surface area (TPSA) is 88.8 Å². The van der Waals surface area contributed by atoms with Crippen LogP contribution in [0.1, 0.15) is 37.1 Å². The SMILES string of the molecule is CC(C)[C@H]([NH2+][C@H](C(=O)NC(N)=O)c1ccccc1)c1ccccc1.